The van der Waals surface area contributed by atoms with Gasteiger partial charge in [-0.2, -0.15) is 0 Å². The molecule has 1 N–H and O–H groups in total. The fraction of sp³-hybridized carbons (Fsp3) is 0.462. The summed E-state index contributed by atoms with van der Waals surface area (Å²) in [7, 11) is 0. The number of hydrogen-bond acceptors (Lipinski definition) is 3. The van der Waals surface area contributed by atoms with Crippen LogP contribution < -0.4 is 5.32 Å². The van der Waals surface area contributed by atoms with Gasteiger partial charge in [0.05, 0.1) is 6.54 Å². The molecule has 1 fully saturated rings. The van der Waals surface area contributed by atoms with Crippen LogP contribution >= 0.6 is 23.4 Å². The first-order valence-electron chi connectivity index (χ1n) is 5.97. The van der Waals surface area contributed by atoms with Gasteiger partial charge in [-0.05, 0) is 43.4 Å². The highest BCUT2D eigenvalue weighted by molar-refractivity contribution is 8.15. The fourth-order valence-corrected chi connectivity index (χ4v) is 3.42. The number of halogens is 1. The number of aliphatic imine (C=N–C) groups is 1. The molecule has 1 aromatic rings. The summed E-state index contributed by atoms with van der Waals surface area (Å²) in [5.74, 6) is 0.906. The summed E-state index contributed by atoms with van der Waals surface area (Å²) >= 11 is 7.99. The lowest BCUT2D eigenvalue weighted by atomic mass is 10.2. The van der Waals surface area contributed by atoms with E-state index in [-0.39, 0.29) is 0 Å². The van der Waals surface area contributed by atoms with Gasteiger partial charge in [0.25, 0.3) is 0 Å². The van der Waals surface area contributed by atoms with Crippen LogP contribution in [0.1, 0.15) is 18.4 Å². The van der Waals surface area contributed by atoms with E-state index >= 15 is 0 Å². The van der Waals surface area contributed by atoms with Crippen LogP contribution in [0.3, 0.4) is 0 Å². The Morgan fingerprint density at radius 2 is 2.24 bits per heavy atom. The maximum Gasteiger partial charge on any atom is 0.161 e. The Bertz CT molecular complexity index is 468. The number of amidine groups is 1. The van der Waals surface area contributed by atoms with Gasteiger partial charge in [-0.15, -0.1) is 0 Å². The highest BCUT2D eigenvalue weighted by atomic mass is 35.5. The van der Waals surface area contributed by atoms with Crippen molar-refractivity contribution >= 4 is 34.2 Å². The van der Waals surface area contributed by atoms with E-state index in [0.717, 1.165) is 33.9 Å². The molecule has 17 heavy (non-hydrogen) atoms. The van der Waals surface area contributed by atoms with E-state index in [1.807, 2.05) is 30.8 Å². The lowest BCUT2D eigenvalue weighted by Crippen LogP contribution is -2.09. The third kappa shape index (κ3) is 2.45. The zero-order valence-electron chi connectivity index (χ0n) is 9.74. The highest BCUT2D eigenvalue weighted by Gasteiger charge is 2.35. The van der Waals surface area contributed by atoms with Crippen LogP contribution in [-0.2, 0) is 0 Å². The Labute approximate surface area is 111 Å². The van der Waals surface area contributed by atoms with Crippen LogP contribution in [-0.4, -0.2) is 17.0 Å². The summed E-state index contributed by atoms with van der Waals surface area (Å²) in [5.41, 5.74) is 2.16. The molecule has 3 rings (SSSR count). The van der Waals surface area contributed by atoms with Gasteiger partial charge in [-0.3, -0.25) is 4.99 Å². The molecule has 1 heterocycles. The molecule has 0 saturated heterocycles. The molecule has 0 spiro atoms. The largest absolute Gasteiger partial charge is 0.335 e. The molecule has 1 aromatic carbocycles. The van der Waals surface area contributed by atoms with Crippen LogP contribution in [0.2, 0.25) is 5.02 Å². The first-order chi connectivity index (χ1) is 8.24. The second-order valence-electron chi connectivity index (χ2n) is 4.68. The maximum absolute atomic E-state index is 6.10. The van der Waals surface area contributed by atoms with E-state index in [1.54, 1.807) is 0 Å². The number of nitrogens with zero attached hydrogens (tertiary/aromatic N) is 1. The van der Waals surface area contributed by atoms with E-state index in [4.69, 9.17) is 11.6 Å². The summed E-state index contributed by atoms with van der Waals surface area (Å²) in [6, 6.07) is 5.93. The Balaban J connectivity index is 1.69. The van der Waals surface area contributed by atoms with Crippen molar-refractivity contribution in [2.45, 2.75) is 25.0 Å². The van der Waals surface area contributed by atoms with Crippen molar-refractivity contribution in [3.8, 4) is 0 Å². The van der Waals surface area contributed by atoms with Gasteiger partial charge in [0.1, 0.15) is 0 Å². The molecule has 90 valence electrons. The van der Waals surface area contributed by atoms with Gasteiger partial charge in [-0.25, -0.2) is 0 Å². The van der Waals surface area contributed by atoms with Crippen LogP contribution in [0, 0.1) is 12.8 Å². The van der Waals surface area contributed by atoms with Gasteiger partial charge in [0.15, 0.2) is 5.17 Å². The minimum absolute atomic E-state index is 0.706. The topological polar surface area (TPSA) is 24.4 Å². The van der Waals surface area contributed by atoms with Crippen molar-refractivity contribution in [1.29, 1.82) is 0 Å². The summed E-state index contributed by atoms with van der Waals surface area (Å²) in [6.45, 7) is 3.00. The standard InChI is InChI=1S/C13H15ClN2S/c1-8-10(14)3-2-4-11(8)16-13-15-7-12(17-13)9-5-6-9/h2-4,9,12H,5-7H2,1H3,(H,15,16). The average molecular weight is 267 g/mol. The van der Waals surface area contributed by atoms with Crippen molar-refractivity contribution in [2.75, 3.05) is 11.9 Å². The predicted octanol–water partition coefficient (Wildman–Crippen LogP) is 3.94. The number of anilines is 1. The van der Waals surface area contributed by atoms with Crippen LogP contribution in [0.5, 0.6) is 0 Å². The van der Waals surface area contributed by atoms with E-state index in [2.05, 4.69) is 16.4 Å². The number of hydrogen-bond donors (Lipinski definition) is 1. The van der Waals surface area contributed by atoms with Crippen molar-refractivity contribution in [3.05, 3.63) is 28.8 Å². The van der Waals surface area contributed by atoms with Crippen molar-refractivity contribution in [3.63, 3.8) is 0 Å². The number of rotatable bonds is 2. The molecular weight excluding hydrogens is 252 g/mol. The normalized spacial score (nSPS) is 23.6. The van der Waals surface area contributed by atoms with Gasteiger partial charge >= 0.3 is 0 Å². The second-order valence-corrected chi connectivity index (χ2v) is 6.31. The number of benzene rings is 1. The van der Waals surface area contributed by atoms with Crippen molar-refractivity contribution < 1.29 is 0 Å². The van der Waals surface area contributed by atoms with Crippen LogP contribution in [0.4, 0.5) is 5.69 Å². The Morgan fingerprint density at radius 3 is 3.00 bits per heavy atom. The molecule has 1 saturated carbocycles. The molecule has 1 unspecified atom stereocenters. The van der Waals surface area contributed by atoms with E-state index in [0.29, 0.717) is 5.25 Å². The fourth-order valence-electron chi connectivity index (χ4n) is 2.03. The molecular formula is C13H15ClN2S. The maximum atomic E-state index is 6.10. The number of nitrogens with one attached hydrogen (secondary N) is 1. The molecule has 1 atom stereocenters. The zero-order chi connectivity index (χ0) is 11.8. The molecule has 0 bridgehead atoms. The Kier molecular flexibility index (Phi) is 3.05. The summed E-state index contributed by atoms with van der Waals surface area (Å²) in [6.07, 6.45) is 2.77. The monoisotopic (exact) mass is 266 g/mol. The molecule has 2 nitrogen and oxygen atoms in total. The zero-order valence-corrected chi connectivity index (χ0v) is 11.3. The lowest BCUT2D eigenvalue weighted by molar-refractivity contribution is 0.773. The molecule has 1 aliphatic carbocycles. The molecule has 0 radical (unpaired) electrons. The van der Waals surface area contributed by atoms with Gasteiger partial charge in [0.2, 0.25) is 0 Å². The summed E-state index contributed by atoms with van der Waals surface area (Å²) in [4.78, 5) is 4.57. The smallest absolute Gasteiger partial charge is 0.161 e. The molecule has 2 aliphatic rings. The summed E-state index contributed by atoms with van der Waals surface area (Å²) < 4.78 is 0. The second kappa shape index (κ2) is 4.54. The van der Waals surface area contributed by atoms with Gasteiger partial charge in [0, 0.05) is 16.0 Å². The van der Waals surface area contributed by atoms with E-state index in [9.17, 15) is 0 Å². The van der Waals surface area contributed by atoms with Gasteiger partial charge < -0.3 is 5.32 Å². The predicted molar refractivity (Wildman–Crippen MR) is 76.2 cm³/mol. The van der Waals surface area contributed by atoms with Crippen LogP contribution in [0.25, 0.3) is 0 Å². The quantitative estimate of drug-likeness (QED) is 0.877. The van der Waals surface area contributed by atoms with E-state index in [1.165, 1.54) is 12.8 Å². The van der Waals surface area contributed by atoms with Crippen molar-refractivity contribution in [1.82, 2.24) is 0 Å². The summed E-state index contributed by atoms with van der Waals surface area (Å²) in [5, 5.41) is 5.95. The first kappa shape index (κ1) is 11.4. The minimum atomic E-state index is 0.706. The molecule has 0 aromatic heterocycles. The lowest BCUT2D eigenvalue weighted by Gasteiger charge is -2.10. The Morgan fingerprint density at radius 1 is 1.41 bits per heavy atom. The third-order valence-electron chi connectivity index (χ3n) is 3.33. The third-order valence-corrected chi connectivity index (χ3v) is 5.04. The highest BCUT2D eigenvalue weighted by Crippen LogP contribution is 2.42. The van der Waals surface area contributed by atoms with Crippen LogP contribution in [0.15, 0.2) is 23.2 Å². The Hall–Kier alpha value is -0.670. The minimum Gasteiger partial charge on any atom is -0.335 e. The van der Waals surface area contributed by atoms with Crippen molar-refractivity contribution in [2.24, 2.45) is 10.9 Å². The molecule has 1 aliphatic heterocycles. The molecule has 0 amide bonds. The average Bonchev–Trinajstić information content (AvgIpc) is 3.06. The van der Waals surface area contributed by atoms with E-state index < -0.39 is 0 Å². The van der Waals surface area contributed by atoms with Gasteiger partial charge in [-0.1, -0.05) is 29.4 Å². The first-order valence-corrected chi connectivity index (χ1v) is 7.23. The SMILES string of the molecule is Cc1c(Cl)cccc1NC1=NCC(C2CC2)S1. The molecule has 4 heteroatoms. The number of thioether (sulfide) groups is 1.